The molecule has 1 amide bonds. The molecule has 0 aliphatic rings. The predicted molar refractivity (Wildman–Crippen MR) is 76.1 cm³/mol. The van der Waals surface area contributed by atoms with Gasteiger partial charge < -0.3 is 10.6 Å². The number of aromatic nitrogens is 2. The van der Waals surface area contributed by atoms with Crippen molar-refractivity contribution in [1.29, 1.82) is 0 Å². The fourth-order valence-corrected chi connectivity index (χ4v) is 2.12. The third-order valence-corrected chi connectivity index (χ3v) is 3.17. The van der Waals surface area contributed by atoms with Crippen LogP contribution in [0.4, 0.5) is 15.8 Å². The van der Waals surface area contributed by atoms with Gasteiger partial charge in [-0.05, 0) is 38.1 Å². The van der Waals surface area contributed by atoms with Gasteiger partial charge in [0.05, 0.1) is 11.4 Å². The van der Waals surface area contributed by atoms with E-state index < -0.39 is 0 Å². The van der Waals surface area contributed by atoms with Crippen molar-refractivity contribution in [2.45, 2.75) is 13.8 Å². The smallest absolute Gasteiger partial charge is 0.278 e. The Balaban J connectivity index is 2.41. The number of nitrogen functional groups attached to an aromatic ring is 1. The minimum atomic E-state index is -0.340. The van der Waals surface area contributed by atoms with Crippen LogP contribution in [0.2, 0.25) is 0 Å². The number of hydrogen-bond acceptors (Lipinski definition) is 3. The van der Waals surface area contributed by atoms with E-state index in [1.807, 2.05) is 6.92 Å². The Bertz CT molecular complexity index is 633. The molecule has 2 aromatic rings. The lowest BCUT2D eigenvalue weighted by Crippen LogP contribution is -2.32. The molecule has 0 aliphatic carbocycles. The topological polar surface area (TPSA) is 64.2 Å². The highest BCUT2D eigenvalue weighted by Crippen LogP contribution is 2.22. The average Bonchev–Trinajstić information content (AvgIpc) is 2.66. The summed E-state index contributed by atoms with van der Waals surface area (Å²) in [4.78, 5) is 14.1. The van der Waals surface area contributed by atoms with Crippen molar-refractivity contribution in [3.05, 3.63) is 41.5 Å². The van der Waals surface area contributed by atoms with E-state index >= 15 is 0 Å². The zero-order chi connectivity index (χ0) is 14.9. The fraction of sp³-hybridized carbons (Fsp3) is 0.286. The highest BCUT2D eigenvalue weighted by Gasteiger charge is 2.23. The monoisotopic (exact) mass is 276 g/mol. The molecule has 1 aromatic heterocycles. The van der Waals surface area contributed by atoms with Gasteiger partial charge in [-0.1, -0.05) is 0 Å². The van der Waals surface area contributed by atoms with Crippen LogP contribution in [0.25, 0.3) is 0 Å². The Morgan fingerprint density at radius 2 is 2.00 bits per heavy atom. The lowest BCUT2D eigenvalue weighted by molar-refractivity contribution is 0.0980. The minimum Gasteiger partial charge on any atom is -0.395 e. The predicted octanol–water partition coefficient (Wildman–Crippen LogP) is 2.12. The van der Waals surface area contributed by atoms with Crippen LogP contribution in [0.1, 0.15) is 23.1 Å². The van der Waals surface area contributed by atoms with Gasteiger partial charge in [-0.2, -0.15) is 5.10 Å². The quantitative estimate of drug-likeness (QED) is 0.934. The number of nitrogens with two attached hydrogens (primary N) is 1. The third kappa shape index (κ3) is 2.36. The van der Waals surface area contributed by atoms with Crippen LogP contribution in [-0.2, 0) is 7.05 Å². The average molecular weight is 276 g/mol. The first-order valence-electron chi connectivity index (χ1n) is 6.32. The minimum absolute atomic E-state index is 0.250. The van der Waals surface area contributed by atoms with E-state index in [9.17, 15) is 9.18 Å². The van der Waals surface area contributed by atoms with E-state index in [-0.39, 0.29) is 11.7 Å². The second-order valence-corrected chi connectivity index (χ2v) is 4.50. The first-order chi connectivity index (χ1) is 9.45. The van der Waals surface area contributed by atoms with E-state index in [0.717, 1.165) is 0 Å². The number of carbonyl (C=O) groups excluding carboxylic acids is 1. The number of nitrogens with zero attached hydrogens (tertiary/aromatic N) is 3. The summed E-state index contributed by atoms with van der Waals surface area (Å²) in [5.74, 6) is -0.590. The maximum Gasteiger partial charge on any atom is 0.278 e. The van der Waals surface area contributed by atoms with Gasteiger partial charge >= 0.3 is 0 Å². The molecule has 0 saturated carbocycles. The van der Waals surface area contributed by atoms with Crippen molar-refractivity contribution < 1.29 is 9.18 Å². The molecule has 0 atom stereocenters. The molecule has 2 rings (SSSR count). The van der Waals surface area contributed by atoms with E-state index in [1.54, 1.807) is 26.1 Å². The third-order valence-electron chi connectivity index (χ3n) is 3.17. The van der Waals surface area contributed by atoms with Gasteiger partial charge in [-0.25, -0.2) is 4.39 Å². The summed E-state index contributed by atoms with van der Waals surface area (Å²) in [5, 5.41) is 4.14. The van der Waals surface area contributed by atoms with Crippen molar-refractivity contribution >= 4 is 17.3 Å². The number of halogens is 1. The molecule has 0 bridgehead atoms. The molecule has 0 unspecified atom stereocenters. The number of rotatable bonds is 3. The van der Waals surface area contributed by atoms with Gasteiger partial charge in [0.1, 0.15) is 11.5 Å². The standard InChI is InChI=1S/C14H17FN4O/c1-4-19(11-7-5-10(15)6-8-11)14(20)13-12(16)9(2)17-18(13)3/h5-8H,4,16H2,1-3H3. The number of anilines is 2. The van der Waals surface area contributed by atoms with Crippen LogP contribution in [-0.4, -0.2) is 22.2 Å². The van der Waals surface area contributed by atoms with Gasteiger partial charge in [-0.15, -0.1) is 0 Å². The van der Waals surface area contributed by atoms with E-state index in [4.69, 9.17) is 5.73 Å². The van der Waals surface area contributed by atoms with Crippen LogP contribution in [0.3, 0.4) is 0 Å². The molecule has 1 heterocycles. The summed E-state index contributed by atoms with van der Waals surface area (Å²) in [7, 11) is 1.68. The molecule has 0 radical (unpaired) electrons. The number of carbonyl (C=O) groups is 1. The van der Waals surface area contributed by atoms with Crippen molar-refractivity contribution in [2.24, 2.45) is 7.05 Å². The molecular formula is C14H17FN4O. The summed E-state index contributed by atoms with van der Waals surface area (Å²) in [6, 6.07) is 5.78. The Labute approximate surface area is 116 Å². The molecule has 1 aromatic carbocycles. The molecule has 2 N–H and O–H groups in total. The summed E-state index contributed by atoms with van der Waals surface area (Å²) in [6.07, 6.45) is 0. The molecule has 6 heteroatoms. The lowest BCUT2D eigenvalue weighted by Gasteiger charge is -2.21. The Morgan fingerprint density at radius 1 is 1.40 bits per heavy atom. The van der Waals surface area contributed by atoms with Crippen LogP contribution >= 0.6 is 0 Å². The van der Waals surface area contributed by atoms with Gasteiger partial charge in [0.2, 0.25) is 0 Å². The summed E-state index contributed by atoms with van der Waals surface area (Å²) < 4.78 is 14.4. The molecule has 0 fully saturated rings. The van der Waals surface area contributed by atoms with Crippen molar-refractivity contribution in [1.82, 2.24) is 9.78 Å². The van der Waals surface area contributed by atoms with Crippen molar-refractivity contribution in [2.75, 3.05) is 17.2 Å². The fourth-order valence-electron chi connectivity index (χ4n) is 2.12. The van der Waals surface area contributed by atoms with E-state index in [0.29, 0.717) is 29.3 Å². The molecule has 106 valence electrons. The van der Waals surface area contributed by atoms with Crippen molar-refractivity contribution in [3.8, 4) is 0 Å². The molecule has 5 nitrogen and oxygen atoms in total. The Hall–Kier alpha value is -2.37. The first kappa shape index (κ1) is 14.0. The van der Waals surface area contributed by atoms with Crippen LogP contribution < -0.4 is 10.6 Å². The van der Waals surface area contributed by atoms with E-state index in [1.165, 1.54) is 21.7 Å². The number of hydrogen-bond donors (Lipinski definition) is 1. The van der Waals surface area contributed by atoms with Crippen LogP contribution in [0.5, 0.6) is 0 Å². The Kier molecular flexibility index (Phi) is 3.74. The zero-order valence-electron chi connectivity index (χ0n) is 11.7. The zero-order valence-corrected chi connectivity index (χ0v) is 11.7. The lowest BCUT2D eigenvalue weighted by atomic mass is 10.2. The maximum atomic E-state index is 13.0. The second-order valence-electron chi connectivity index (χ2n) is 4.50. The summed E-state index contributed by atoms with van der Waals surface area (Å²) in [5.41, 5.74) is 7.86. The van der Waals surface area contributed by atoms with Crippen LogP contribution in [0.15, 0.2) is 24.3 Å². The van der Waals surface area contributed by atoms with Gasteiger partial charge in [0.15, 0.2) is 0 Å². The maximum absolute atomic E-state index is 13.0. The molecule has 0 aliphatic heterocycles. The number of aryl methyl sites for hydroxylation is 2. The van der Waals surface area contributed by atoms with Gasteiger partial charge in [0.25, 0.3) is 5.91 Å². The number of amides is 1. The highest BCUT2D eigenvalue weighted by molar-refractivity contribution is 6.08. The largest absolute Gasteiger partial charge is 0.395 e. The normalized spacial score (nSPS) is 10.6. The Morgan fingerprint density at radius 3 is 2.45 bits per heavy atom. The number of benzene rings is 1. The van der Waals surface area contributed by atoms with Gasteiger partial charge in [-0.3, -0.25) is 9.48 Å². The van der Waals surface area contributed by atoms with Gasteiger partial charge in [0, 0.05) is 19.3 Å². The summed E-state index contributed by atoms with van der Waals surface area (Å²) in [6.45, 7) is 4.05. The van der Waals surface area contributed by atoms with E-state index in [2.05, 4.69) is 5.10 Å². The molecule has 0 saturated heterocycles. The first-order valence-corrected chi connectivity index (χ1v) is 6.32. The van der Waals surface area contributed by atoms with Crippen LogP contribution in [0, 0.1) is 12.7 Å². The SMILES string of the molecule is CCN(C(=O)c1c(N)c(C)nn1C)c1ccc(F)cc1. The highest BCUT2D eigenvalue weighted by atomic mass is 19.1. The summed E-state index contributed by atoms with van der Waals surface area (Å²) >= 11 is 0. The molecule has 0 spiro atoms. The molecular weight excluding hydrogens is 259 g/mol. The molecule has 20 heavy (non-hydrogen) atoms. The second kappa shape index (κ2) is 5.32. The van der Waals surface area contributed by atoms with Crippen molar-refractivity contribution in [3.63, 3.8) is 0 Å².